The molecule has 0 radical (unpaired) electrons. The van der Waals surface area contributed by atoms with Gasteiger partial charge in [0.15, 0.2) is 0 Å². The van der Waals surface area contributed by atoms with E-state index in [2.05, 4.69) is 51.4 Å². The summed E-state index contributed by atoms with van der Waals surface area (Å²) in [6, 6.07) is 8.36. The van der Waals surface area contributed by atoms with Gasteiger partial charge in [-0.25, -0.2) is 4.63 Å². The van der Waals surface area contributed by atoms with Gasteiger partial charge in [0.1, 0.15) is 5.78 Å². The average Bonchev–Trinajstić information content (AvgIpc) is 2.84. The van der Waals surface area contributed by atoms with Gasteiger partial charge in [0.2, 0.25) is 11.6 Å². The number of nitrogens with zero attached hydrogens (tertiary/aromatic N) is 2. The highest BCUT2D eigenvalue weighted by Gasteiger charge is 2.29. The molecule has 0 amide bonds. The van der Waals surface area contributed by atoms with Gasteiger partial charge in [-0.2, -0.15) is 0 Å². The number of benzene rings is 1. The second-order valence-electron chi connectivity index (χ2n) is 5.63. The molecule has 1 aromatic heterocycles. The van der Waals surface area contributed by atoms with Crippen LogP contribution in [0.3, 0.4) is 0 Å². The second-order valence-corrected chi connectivity index (χ2v) is 5.63. The van der Waals surface area contributed by atoms with Gasteiger partial charge in [-0.3, -0.25) is 4.79 Å². The van der Waals surface area contributed by atoms with Gasteiger partial charge in [-0.15, -0.1) is 0 Å². The molecule has 1 aromatic carbocycles. The summed E-state index contributed by atoms with van der Waals surface area (Å²) in [7, 11) is 0. The molecule has 0 spiro atoms. The Labute approximate surface area is 122 Å². The summed E-state index contributed by atoms with van der Waals surface area (Å²) in [5.74, 6) is 1.11. The van der Waals surface area contributed by atoms with Gasteiger partial charge >= 0.3 is 0 Å². The molecule has 1 aliphatic rings. The van der Waals surface area contributed by atoms with Gasteiger partial charge in [0.05, 0.1) is 0 Å². The van der Waals surface area contributed by atoms with Gasteiger partial charge in [-0.05, 0) is 35.1 Å². The topological polar surface area (TPSA) is 94.0 Å². The third kappa shape index (κ3) is 3.04. The molecule has 110 valence electrons. The number of ketones is 1. The van der Waals surface area contributed by atoms with Gasteiger partial charge < -0.3 is 11.1 Å². The summed E-state index contributed by atoms with van der Waals surface area (Å²) in [6.45, 7) is 2.06. The smallest absolute Gasteiger partial charge is 0.215 e. The van der Waals surface area contributed by atoms with Crippen LogP contribution in [0.2, 0.25) is 0 Å². The molecular formula is C15H18N4O2. The van der Waals surface area contributed by atoms with Crippen molar-refractivity contribution in [2.24, 2.45) is 0 Å². The summed E-state index contributed by atoms with van der Waals surface area (Å²) < 4.78 is 4.57. The number of nitrogens with two attached hydrogens (primary N) is 1. The lowest BCUT2D eigenvalue weighted by molar-refractivity contribution is -0.120. The lowest BCUT2D eigenvalue weighted by atomic mass is 9.80. The highest BCUT2D eigenvalue weighted by molar-refractivity contribution is 5.81. The predicted molar refractivity (Wildman–Crippen MR) is 78.9 cm³/mol. The fraction of sp³-hybridized carbons (Fsp3) is 0.400. The van der Waals surface area contributed by atoms with E-state index in [0.29, 0.717) is 18.7 Å². The summed E-state index contributed by atoms with van der Waals surface area (Å²) in [6.07, 6.45) is 1.93. The van der Waals surface area contributed by atoms with Gasteiger partial charge in [0, 0.05) is 18.9 Å². The van der Waals surface area contributed by atoms with Crippen LogP contribution in [-0.4, -0.2) is 22.1 Å². The number of hydrogen-bond acceptors (Lipinski definition) is 6. The molecule has 2 atom stereocenters. The molecule has 3 rings (SSSR count). The van der Waals surface area contributed by atoms with Crippen LogP contribution in [0.1, 0.15) is 36.3 Å². The number of nitrogens with one attached hydrogen (secondary N) is 1. The van der Waals surface area contributed by atoms with Crippen molar-refractivity contribution in [1.82, 2.24) is 10.3 Å². The number of rotatable bonds is 3. The normalized spacial score (nSPS) is 22.2. The van der Waals surface area contributed by atoms with Crippen LogP contribution in [0, 0.1) is 6.92 Å². The van der Waals surface area contributed by atoms with E-state index in [0.717, 1.165) is 6.42 Å². The maximum Gasteiger partial charge on any atom is 0.215 e. The van der Waals surface area contributed by atoms with Crippen LogP contribution in [0.15, 0.2) is 28.9 Å². The summed E-state index contributed by atoms with van der Waals surface area (Å²) in [5, 5.41) is 10.4. The second kappa shape index (κ2) is 5.55. The van der Waals surface area contributed by atoms with Crippen molar-refractivity contribution >= 4 is 17.4 Å². The van der Waals surface area contributed by atoms with Crippen LogP contribution in [0.5, 0.6) is 0 Å². The van der Waals surface area contributed by atoms with E-state index in [-0.39, 0.29) is 23.6 Å². The molecule has 1 saturated carbocycles. The first-order valence-electron chi connectivity index (χ1n) is 7.04. The lowest BCUT2D eigenvalue weighted by Gasteiger charge is -2.29. The minimum absolute atomic E-state index is 0.00625. The molecule has 1 heterocycles. The van der Waals surface area contributed by atoms with Crippen LogP contribution < -0.4 is 11.1 Å². The molecule has 3 N–H and O–H groups in total. The summed E-state index contributed by atoms with van der Waals surface area (Å²) >= 11 is 0. The van der Waals surface area contributed by atoms with Crippen molar-refractivity contribution in [2.75, 3.05) is 11.1 Å². The molecule has 6 nitrogen and oxygen atoms in total. The summed E-state index contributed by atoms with van der Waals surface area (Å²) in [4.78, 5) is 12.0. The van der Waals surface area contributed by atoms with Crippen molar-refractivity contribution in [1.29, 1.82) is 0 Å². The van der Waals surface area contributed by atoms with E-state index in [1.807, 2.05) is 0 Å². The van der Waals surface area contributed by atoms with Crippen molar-refractivity contribution < 1.29 is 9.42 Å². The Morgan fingerprint density at radius 1 is 1.24 bits per heavy atom. The molecule has 21 heavy (non-hydrogen) atoms. The zero-order chi connectivity index (χ0) is 14.8. The van der Waals surface area contributed by atoms with Crippen LogP contribution in [-0.2, 0) is 4.79 Å². The minimum Gasteiger partial charge on any atom is -0.378 e. The van der Waals surface area contributed by atoms with Crippen molar-refractivity contribution in [3.8, 4) is 0 Å². The molecule has 0 saturated heterocycles. The first-order chi connectivity index (χ1) is 10.1. The maximum absolute atomic E-state index is 12.0. The molecule has 0 bridgehead atoms. The van der Waals surface area contributed by atoms with Crippen molar-refractivity contribution in [3.05, 3.63) is 35.4 Å². The summed E-state index contributed by atoms with van der Waals surface area (Å²) in [5.41, 5.74) is 8.06. The zero-order valence-electron chi connectivity index (χ0n) is 11.9. The van der Waals surface area contributed by atoms with E-state index in [4.69, 9.17) is 5.73 Å². The number of Topliss-reactive ketones (excluding diaryl/α,β-unsaturated/α-hetero) is 1. The number of anilines is 2. The lowest BCUT2D eigenvalue weighted by Crippen LogP contribution is -2.31. The Balaban J connectivity index is 1.74. The van der Waals surface area contributed by atoms with Crippen molar-refractivity contribution in [2.45, 2.75) is 38.1 Å². The predicted octanol–water partition coefficient (Wildman–Crippen LogP) is 2.28. The van der Waals surface area contributed by atoms with E-state index >= 15 is 0 Å². The van der Waals surface area contributed by atoms with Gasteiger partial charge in [-0.1, -0.05) is 29.8 Å². The number of aryl methyl sites for hydroxylation is 1. The van der Waals surface area contributed by atoms with E-state index in [1.54, 1.807) is 0 Å². The Hall–Kier alpha value is -2.37. The van der Waals surface area contributed by atoms with Crippen molar-refractivity contribution in [3.63, 3.8) is 0 Å². The monoisotopic (exact) mass is 286 g/mol. The highest BCUT2D eigenvalue weighted by Crippen LogP contribution is 2.33. The Morgan fingerprint density at radius 3 is 2.67 bits per heavy atom. The highest BCUT2D eigenvalue weighted by atomic mass is 16.6. The average molecular weight is 286 g/mol. The van der Waals surface area contributed by atoms with Gasteiger partial charge in [0.25, 0.3) is 0 Å². The molecule has 0 aliphatic heterocycles. The molecular weight excluding hydrogens is 268 g/mol. The SMILES string of the molecule is Cc1ccc([C@@H]2CC(=O)C[C@H](Nc3nonc3N)C2)cc1. The molecule has 1 fully saturated rings. The Morgan fingerprint density at radius 2 is 2.00 bits per heavy atom. The fourth-order valence-corrected chi connectivity index (χ4v) is 2.83. The zero-order valence-corrected chi connectivity index (χ0v) is 11.9. The third-order valence-electron chi connectivity index (χ3n) is 3.92. The number of aromatic nitrogens is 2. The number of carbonyl (C=O) groups excluding carboxylic acids is 1. The standard InChI is InChI=1S/C15H18N4O2/c1-9-2-4-10(5-3-9)11-6-12(8-13(20)7-11)17-15-14(16)18-21-19-15/h2-5,11-12H,6-8H2,1H3,(H2,16,18)(H,17,19)/t11-,12+/m0/s1. The Bertz CT molecular complexity index is 635. The number of carbonyl (C=O) groups is 1. The van der Waals surface area contributed by atoms with E-state index in [1.165, 1.54) is 11.1 Å². The van der Waals surface area contributed by atoms with Crippen LogP contribution >= 0.6 is 0 Å². The fourth-order valence-electron chi connectivity index (χ4n) is 2.83. The first-order valence-corrected chi connectivity index (χ1v) is 7.04. The molecule has 6 heteroatoms. The number of hydrogen-bond donors (Lipinski definition) is 2. The van der Waals surface area contributed by atoms with Crippen LogP contribution in [0.25, 0.3) is 0 Å². The van der Waals surface area contributed by atoms with Crippen LogP contribution in [0.4, 0.5) is 11.6 Å². The molecule has 2 aromatic rings. The molecule has 0 unspecified atom stereocenters. The minimum atomic E-state index is 0.00625. The third-order valence-corrected chi connectivity index (χ3v) is 3.92. The largest absolute Gasteiger partial charge is 0.378 e. The van der Waals surface area contributed by atoms with E-state index in [9.17, 15) is 4.79 Å². The molecule has 1 aliphatic carbocycles. The number of nitrogen functional groups attached to an aromatic ring is 1. The Kier molecular flexibility index (Phi) is 3.60. The van der Waals surface area contributed by atoms with E-state index < -0.39 is 0 Å². The quantitative estimate of drug-likeness (QED) is 0.899. The maximum atomic E-state index is 12.0. The first kappa shape index (κ1) is 13.6.